The van der Waals surface area contributed by atoms with Gasteiger partial charge in [-0.25, -0.2) is 0 Å². The van der Waals surface area contributed by atoms with Gasteiger partial charge in [-0.2, -0.15) is 0 Å². The van der Waals surface area contributed by atoms with E-state index in [-0.39, 0.29) is 18.0 Å². The van der Waals surface area contributed by atoms with Gasteiger partial charge in [0.25, 0.3) is 5.91 Å². The van der Waals surface area contributed by atoms with E-state index >= 15 is 0 Å². The Labute approximate surface area is 135 Å². The fourth-order valence-corrected chi connectivity index (χ4v) is 2.75. The Hall–Kier alpha value is -2.40. The smallest absolute Gasteiger partial charge is 0.270 e. The van der Waals surface area contributed by atoms with Crippen molar-refractivity contribution in [3.8, 4) is 11.5 Å². The van der Waals surface area contributed by atoms with E-state index in [4.69, 9.17) is 10.5 Å². The second-order valence-corrected chi connectivity index (χ2v) is 5.88. The minimum Gasteiger partial charge on any atom is -0.457 e. The normalized spacial score (nSPS) is 20.7. The first-order valence-corrected chi connectivity index (χ1v) is 7.96. The van der Waals surface area contributed by atoms with Crippen molar-refractivity contribution in [3.63, 3.8) is 0 Å². The molecule has 1 aromatic heterocycles. The molecule has 3 N–H and O–H groups in total. The lowest BCUT2D eigenvalue weighted by atomic mass is 9.92. The molecule has 0 atom stereocenters. The van der Waals surface area contributed by atoms with Crippen LogP contribution in [-0.4, -0.2) is 23.0 Å². The lowest BCUT2D eigenvalue weighted by Crippen LogP contribution is -2.40. The van der Waals surface area contributed by atoms with Crippen LogP contribution in [0.3, 0.4) is 0 Å². The van der Waals surface area contributed by atoms with Gasteiger partial charge in [0, 0.05) is 24.3 Å². The summed E-state index contributed by atoms with van der Waals surface area (Å²) < 4.78 is 5.74. The summed E-state index contributed by atoms with van der Waals surface area (Å²) in [5, 5.41) is 3.03. The number of nitrogens with one attached hydrogen (secondary N) is 1. The molecule has 1 aliphatic rings. The van der Waals surface area contributed by atoms with Gasteiger partial charge in [0.1, 0.15) is 17.2 Å². The molecule has 2 aromatic rings. The summed E-state index contributed by atoms with van der Waals surface area (Å²) >= 11 is 0. The van der Waals surface area contributed by atoms with Crippen molar-refractivity contribution in [1.29, 1.82) is 0 Å². The van der Waals surface area contributed by atoms with Crippen LogP contribution in [-0.2, 0) is 0 Å². The number of rotatable bonds is 4. The molecule has 1 aliphatic carbocycles. The van der Waals surface area contributed by atoms with Gasteiger partial charge in [-0.1, -0.05) is 18.2 Å². The van der Waals surface area contributed by atoms with E-state index in [0.29, 0.717) is 11.4 Å². The zero-order valence-electron chi connectivity index (χ0n) is 12.9. The second-order valence-electron chi connectivity index (χ2n) is 5.88. The van der Waals surface area contributed by atoms with Crippen molar-refractivity contribution in [2.24, 2.45) is 5.73 Å². The lowest BCUT2D eigenvalue weighted by Gasteiger charge is -2.26. The standard InChI is InChI=1S/C18H21N3O2/c19-13-6-8-14(9-7-13)21-18(22)17-12-16(10-11-20-17)23-15-4-2-1-3-5-15/h1-5,10-14H,6-9,19H2,(H,21,22). The number of carbonyl (C=O) groups is 1. The Morgan fingerprint density at radius 2 is 1.83 bits per heavy atom. The fraction of sp³-hybridized carbons (Fsp3) is 0.333. The van der Waals surface area contributed by atoms with Gasteiger partial charge >= 0.3 is 0 Å². The minimum atomic E-state index is -0.163. The first kappa shape index (κ1) is 15.5. The van der Waals surface area contributed by atoms with E-state index in [1.807, 2.05) is 30.3 Å². The predicted molar refractivity (Wildman–Crippen MR) is 88.5 cm³/mol. The van der Waals surface area contributed by atoms with Crippen LogP contribution in [0.2, 0.25) is 0 Å². The first-order chi connectivity index (χ1) is 11.2. The van der Waals surface area contributed by atoms with Gasteiger partial charge in [0.15, 0.2) is 0 Å². The number of benzene rings is 1. The molecule has 0 unspecified atom stereocenters. The summed E-state index contributed by atoms with van der Waals surface area (Å²) in [5.41, 5.74) is 6.26. The number of aromatic nitrogens is 1. The third-order valence-electron chi connectivity index (χ3n) is 4.05. The Bertz CT molecular complexity index is 652. The van der Waals surface area contributed by atoms with Crippen LogP contribution >= 0.6 is 0 Å². The average molecular weight is 311 g/mol. The highest BCUT2D eigenvalue weighted by molar-refractivity contribution is 5.92. The maximum Gasteiger partial charge on any atom is 0.270 e. The molecule has 0 spiro atoms. The zero-order chi connectivity index (χ0) is 16.1. The van der Waals surface area contributed by atoms with Crippen LogP contribution in [0.5, 0.6) is 11.5 Å². The average Bonchev–Trinajstić information content (AvgIpc) is 2.58. The lowest BCUT2D eigenvalue weighted by molar-refractivity contribution is 0.0920. The van der Waals surface area contributed by atoms with Crippen LogP contribution in [0.1, 0.15) is 36.2 Å². The number of nitrogens with two attached hydrogens (primary N) is 1. The maximum atomic E-state index is 12.3. The van der Waals surface area contributed by atoms with E-state index < -0.39 is 0 Å². The molecular formula is C18H21N3O2. The number of ether oxygens (including phenoxy) is 1. The van der Waals surface area contributed by atoms with Gasteiger partial charge in [-0.15, -0.1) is 0 Å². The number of amides is 1. The summed E-state index contributed by atoms with van der Waals surface area (Å²) in [6.45, 7) is 0. The molecule has 1 amide bonds. The second kappa shape index (κ2) is 7.24. The first-order valence-electron chi connectivity index (χ1n) is 7.96. The van der Waals surface area contributed by atoms with Gasteiger partial charge in [0.05, 0.1) is 0 Å². The van der Waals surface area contributed by atoms with E-state index in [1.54, 1.807) is 18.3 Å². The Balaban J connectivity index is 1.63. The van der Waals surface area contributed by atoms with E-state index in [0.717, 1.165) is 31.4 Å². The molecule has 3 rings (SSSR count). The third-order valence-corrected chi connectivity index (χ3v) is 4.05. The van der Waals surface area contributed by atoms with E-state index in [1.165, 1.54) is 0 Å². The van der Waals surface area contributed by atoms with Crippen LogP contribution in [0.4, 0.5) is 0 Å². The van der Waals surface area contributed by atoms with Gasteiger partial charge < -0.3 is 15.8 Å². The molecule has 1 aromatic carbocycles. The molecule has 23 heavy (non-hydrogen) atoms. The third kappa shape index (κ3) is 4.29. The molecule has 1 saturated carbocycles. The monoisotopic (exact) mass is 311 g/mol. The van der Waals surface area contributed by atoms with Crippen molar-refractivity contribution in [2.45, 2.75) is 37.8 Å². The number of nitrogens with zero attached hydrogens (tertiary/aromatic N) is 1. The molecule has 0 bridgehead atoms. The molecule has 1 fully saturated rings. The quantitative estimate of drug-likeness (QED) is 0.910. The van der Waals surface area contributed by atoms with E-state index in [2.05, 4.69) is 10.3 Å². The molecule has 5 heteroatoms. The molecule has 120 valence electrons. The summed E-state index contributed by atoms with van der Waals surface area (Å²) in [5.74, 6) is 1.16. The Morgan fingerprint density at radius 1 is 1.09 bits per heavy atom. The highest BCUT2D eigenvalue weighted by Crippen LogP contribution is 2.21. The minimum absolute atomic E-state index is 0.163. The fourth-order valence-electron chi connectivity index (χ4n) is 2.75. The molecule has 0 aliphatic heterocycles. The largest absolute Gasteiger partial charge is 0.457 e. The Morgan fingerprint density at radius 3 is 2.57 bits per heavy atom. The molecule has 5 nitrogen and oxygen atoms in total. The summed E-state index contributed by atoms with van der Waals surface area (Å²) in [4.78, 5) is 16.5. The number of hydrogen-bond donors (Lipinski definition) is 2. The van der Waals surface area contributed by atoms with Crippen molar-refractivity contribution >= 4 is 5.91 Å². The van der Waals surface area contributed by atoms with Crippen molar-refractivity contribution in [1.82, 2.24) is 10.3 Å². The summed E-state index contributed by atoms with van der Waals surface area (Å²) in [7, 11) is 0. The SMILES string of the molecule is NC1CCC(NC(=O)c2cc(Oc3ccccc3)ccn2)CC1. The molecular weight excluding hydrogens is 290 g/mol. The topological polar surface area (TPSA) is 77.2 Å². The van der Waals surface area contributed by atoms with Crippen LogP contribution in [0, 0.1) is 0 Å². The van der Waals surface area contributed by atoms with Crippen LogP contribution < -0.4 is 15.8 Å². The van der Waals surface area contributed by atoms with Crippen LogP contribution in [0.25, 0.3) is 0 Å². The van der Waals surface area contributed by atoms with Gasteiger partial charge in [-0.05, 0) is 43.9 Å². The number of pyridine rings is 1. The zero-order valence-corrected chi connectivity index (χ0v) is 12.9. The van der Waals surface area contributed by atoms with Crippen molar-refractivity contribution in [2.75, 3.05) is 0 Å². The molecule has 0 radical (unpaired) electrons. The van der Waals surface area contributed by atoms with Crippen molar-refractivity contribution < 1.29 is 9.53 Å². The highest BCUT2D eigenvalue weighted by atomic mass is 16.5. The van der Waals surface area contributed by atoms with Gasteiger partial charge in [-0.3, -0.25) is 9.78 Å². The van der Waals surface area contributed by atoms with Gasteiger partial charge in [0.2, 0.25) is 0 Å². The predicted octanol–water partition coefficient (Wildman–Crippen LogP) is 2.87. The summed E-state index contributed by atoms with van der Waals surface area (Å²) in [6.07, 6.45) is 5.34. The molecule has 1 heterocycles. The van der Waals surface area contributed by atoms with Crippen molar-refractivity contribution in [3.05, 3.63) is 54.4 Å². The van der Waals surface area contributed by atoms with Crippen LogP contribution in [0.15, 0.2) is 48.7 Å². The van der Waals surface area contributed by atoms with E-state index in [9.17, 15) is 4.79 Å². The Kier molecular flexibility index (Phi) is 4.88. The number of para-hydroxylation sites is 1. The number of hydrogen-bond acceptors (Lipinski definition) is 4. The highest BCUT2D eigenvalue weighted by Gasteiger charge is 2.21. The summed E-state index contributed by atoms with van der Waals surface area (Å²) in [6, 6.07) is 13.3. The maximum absolute atomic E-state index is 12.3. The molecule has 0 saturated heterocycles. The number of carbonyl (C=O) groups excluding carboxylic acids is 1.